The first-order chi connectivity index (χ1) is 14.9. The number of hydrogen-bond acceptors (Lipinski definition) is 5. The quantitative estimate of drug-likeness (QED) is 0.0938. The number of hydrogen-bond donors (Lipinski definition) is 2. The maximum Gasteiger partial charge on any atom is 0.472 e. The predicted molar refractivity (Wildman–Crippen MR) is 130 cm³/mol. The second kappa shape index (κ2) is 21.8. The van der Waals surface area contributed by atoms with Crippen molar-refractivity contribution in [3.05, 3.63) is 0 Å². The number of halogens is 1. The van der Waals surface area contributed by atoms with E-state index in [2.05, 4.69) is 28.2 Å². The first-order valence-corrected chi connectivity index (χ1v) is 14.6. The zero-order chi connectivity index (χ0) is 23.2. The molecule has 0 heterocycles. The van der Waals surface area contributed by atoms with E-state index in [1.165, 1.54) is 57.8 Å². The molecular weight excluding hydrogens is 485 g/mol. The smallest absolute Gasteiger partial charge is 0.374 e. The number of rotatable bonds is 23. The third-order valence-electron chi connectivity index (χ3n) is 4.86. The first-order valence-electron chi connectivity index (χ1n) is 12.0. The lowest BCUT2D eigenvalue weighted by Crippen LogP contribution is -2.36. The van der Waals surface area contributed by atoms with Crippen LogP contribution in [0, 0.1) is 0 Å². The monoisotopic (exact) mass is 529 g/mol. The molecule has 0 saturated carbocycles. The molecular formula is C22H45BrNO6P. The van der Waals surface area contributed by atoms with E-state index in [9.17, 15) is 14.3 Å². The van der Waals surface area contributed by atoms with Gasteiger partial charge >= 0.3 is 7.82 Å². The Labute approximate surface area is 198 Å². The number of unbranched alkanes of at least 4 members (excludes halogenated alkanes) is 10. The maximum atomic E-state index is 11.8. The minimum atomic E-state index is -4.12. The van der Waals surface area contributed by atoms with E-state index in [1.807, 2.05) is 6.92 Å². The molecule has 0 radical (unpaired) electrons. The van der Waals surface area contributed by atoms with Gasteiger partial charge in [0, 0.05) is 24.9 Å². The van der Waals surface area contributed by atoms with Gasteiger partial charge in [0.25, 0.3) is 0 Å². The number of carbonyl (C=O) groups excluding carboxylic acids is 1. The fraction of sp³-hybridized carbons (Fsp3) is 0.955. The molecule has 2 N–H and O–H groups in total. The minimum Gasteiger partial charge on any atom is -0.374 e. The Morgan fingerprint density at radius 1 is 0.903 bits per heavy atom. The first kappa shape index (κ1) is 31.0. The van der Waals surface area contributed by atoms with Crippen LogP contribution in [-0.4, -0.2) is 48.6 Å². The molecule has 0 spiro atoms. The maximum absolute atomic E-state index is 11.8. The zero-order valence-corrected chi connectivity index (χ0v) is 22.1. The van der Waals surface area contributed by atoms with Crippen molar-refractivity contribution in [3.63, 3.8) is 0 Å². The van der Waals surface area contributed by atoms with Gasteiger partial charge in [-0.3, -0.25) is 13.8 Å². The second-order valence-electron chi connectivity index (χ2n) is 7.87. The van der Waals surface area contributed by atoms with E-state index in [1.54, 1.807) is 0 Å². The molecule has 0 aliphatic rings. The molecule has 7 nitrogen and oxygen atoms in total. The molecule has 0 saturated heterocycles. The number of ether oxygens (including phenoxy) is 1. The van der Waals surface area contributed by atoms with Gasteiger partial charge in [-0.05, 0) is 12.8 Å². The van der Waals surface area contributed by atoms with E-state index in [4.69, 9.17) is 13.8 Å². The molecule has 0 aromatic heterocycles. The largest absolute Gasteiger partial charge is 0.472 e. The zero-order valence-electron chi connectivity index (χ0n) is 19.6. The fourth-order valence-electron chi connectivity index (χ4n) is 3.09. The molecule has 186 valence electrons. The van der Waals surface area contributed by atoms with Gasteiger partial charge in [-0.25, -0.2) is 4.57 Å². The molecule has 0 fully saturated rings. The summed E-state index contributed by atoms with van der Waals surface area (Å²) in [5.74, 6) is -0.0616. The average Bonchev–Trinajstić information content (AvgIpc) is 2.74. The van der Waals surface area contributed by atoms with Gasteiger partial charge in [0.1, 0.15) is 0 Å². The van der Waals surface area contributed by atoms with Crippen LogP contribution in [0.1, 0.15) is 97.3 Å². The van der Waals surface area contributed by atoms with Crippen molar-refractivity contribution in [2.75, 3.05) is 31.7 Å². The van der Waals surface area contributed by atoms with E-state index in [-0.39, 0.29) is 25.7 Å². The standard InChI is InChI=1S/C22H45BrNO6P/c1-3-5-6-7-8-9-10-11-12-13-14-17-28-21(19-24-22(25)15-4-2)20-30-31(26,27)29-18-16-23/h21H,3-20H2,1-2H3,(H,24,25)(H,26,27). The highest BCUT2D eigenvalue weighted by Crippen LogP contribution is 2.43. The van der Waals surface area contributed by atoms with Crippen LogP contribution in [0.4, 0.5) is 0 Å². The van der Waals surface area contributed by atoms with Crippen molar-refractivity contribution < 1.29 is 28.0 Å². The average molecular weight is 530 g/mol. The highest BCUT2D eigenvalue weighted by Gasteiger charge is 2.23. The number of phosphoric acid groups is 1. The third-order valence-corrected chi connectivity index (χ3v) is 6.17. The molecule has 2 unspecified atom stereocenters. The summed E-state index contributed by atoms with van der Waals surface area (Å²) in [4.78, 5) is 21.4. The van der Waals surface area contributed by atoms with Crippen molar-refractivity contribution in [1.82, 2.24) is 5.32 Å². The summed E-state index contributed by atoms with van der Waals surface area (Å²) >= 11 is 3.13. The number of carbonyl (C=O) groups is 1. The third kappa shape index (κ3) is 21.6. The SMILES string of the molecule is CCCCCCCCCCCCCOC(CNC(=O)CCC)COP(=O)(O)OCCBr. The molecule has 0 aliphatic heterocycles. The van der Waals surface area contributed by atoms with Crippen LogP contribution in [0.15, 0.2) is 0 Å². The van der Waals surface area contributed by atoms with Crippen LogP contribution < -0.4 is 5.32 Å². The van der Waals surface area contributed by atoms with E-state index in [0.29, 0.717) is 18.4 Å². The number of alkyl halides is 1. The molecule has 0 rings (SSSR count). The lowest BCUT2D eigenvalue weighted by Gasteiger charge is -2.20. The summed E-state index contributed by atoms with van der Waals surface area (Å²) in [5, 5.41) is 3.23. The van der Waals surface area contributed by atoms with E-state index >= 15 is 0 Å². The van der Waals surface area contributed by atoms with Gasteiger partial charge < -0.3 is 14.9 Å². The molecule has 31 heavy (non-hydrogen) atoms. The lowest BCUT2D eigenvalue weighted by molar-refractivity contribution is -0.122. The molecule has 0 aromatic rings. The van der Waals surface area contributed by atoms with Gasteiger partial charge in [0.15, 0.2) is 0 Å². The molecule has 0 aliphatic carbocycles. The summed E-state index contributed by atoms with van der Waals surface area (Å²) in [7, 11) is -4.12. The Hall–Kier alpha value is 0.0200. The van der Waals surface area contributed by atoms with Crippen LogP contribution in [-0.2, 0) is 23.1 Å². The summed E-state index contributed by atoms with van der Waals surface area (Å²) in [6, 6.07) is 0. The Kier molecular flexibility index (Phi) is 21.9. The normalized spacial score (nSPS) is 14.3. The summed E-state index contributed by atoms with van der Waals surface area (Å²) in [5.41, 5.74) is 0. The summed E-state index contributed by atoms with van der Waals surface area (Å²) < 4.78 is 27.5. The molecule has 0 bridgehead atoms. The molecule has 9 heteroatoms. The van der Waals surface area contributed by atoms with Crippen molar-refractivity contribution in [3.8, 4) is 0 Å². The van der Waals surface area contributed by atoms with Crippen LogP contribution in [0.5, 0.6) is 0 Å². The summed E-state index contributed by atoms with van der Waals surface area (Å²) in [6.45, 7) is 4.92. The van der Waals surface area contributed by atoms with Gasteiger partial charge in [-0.2, -0.15) is 0 Å². The minimum absolute atomic E-state index is 0.0616. The van der Waals surface area contributed by atoms with Gasteiger partial charge in [0.2, 0.25) is 5.91 Å². The molecule has 0 aromatic carbocycles. The van der Waals surface area contributed by atoms with Crippen LogP contribution in [0.25, 0.3) is 0 Å². The van der Waals surface area contributed by atoms with Crippen LogP contribution in [0.2, 0.25) is 0 Å². The van der Waals surface area contributed by atoms with Crippen molar-refractivity contribution in [2.24, 2.45) is 0 Å². The van der Waals surface area contributed by atoms with Gasteiger partial charge in [-0.15, -0.1) is 0 Å². The van der Waals surface area contributed by atoms with Crippen LogP contribution in [0.3, 0.4) is 0 Å². The number of amides is 1. The lowest BCUT2D eigenvalue weighted by atomic mass is 10.1. The van der Waals surface area contributed by atoms with Crippen molar-refractivity contribution >= 4 is 29.7 Å². The highest BCUT2D eigenvalue weighted by atomic mass is 79.9. The second-order valence-corrected chi connectivity index (χ2v) is 10.1. The molecule has 2 atom stereocenters. The van der Waals surface area contributed by atoms with Gasteiger partial charge in [0.05, 0.1) is 19.3 Å². The summed E-state index contributed by atoms with van der Waals surface area (Å²) in [6.07, 6.45) is 14.5. The Bertz CT molecular complexity index is 469. The van der Waals surface area contributed by atoms with Crippen LogP contribution >= 0.6 is 23.8 Å². The van der Waals surface area contributed by atoms with Crippen molar-refractivity contribution in [2.45, 2.75) is 103 Å². The number of nitrogens with one attached hydrogen (secondary N) is 1. The van der Waals surface area contributed by atoms with Gasteiger partial charge in [-0.1, -0.05) is 94.0 Å². The fourth-order valence-corrected chi connectivity index (χ4v) is 4.25. The Morgan fingerprint density at radius 3 is 2.03 bits per heavy atom. The topological polar surface area (TPSA) is 94.1 Å². The van der Waals surface area contributed by atoms with E-state index in [0.717, 1.165) is 19.3 Å². The molecule has 1 amide bonds. The highest BCUT2D eigenvalue weighted by molar-refractivity contribution is 9.09. The Morgan fingerprint density at radius 2 is 1.48 bits per heavy atom. The number of phosphoric ester groups is 1. The van der Waals surface area contributed by atoms with E-state index < -0.39 is 13.9 Å². The Balaban J connectivity index is 4.02. The predicted octanol–water partition coefficient (Wildman–Crippen LogP) is 6.13. The van der Waals surface area contributed by atoms with Crippen molar-refractivity contribution in [1.29, 1.82) is 0 Å².